The highest BCUT2D eigenvalue weighted by Gasteiger charge is 2.14. The van der Waals surface area contributed by atoms with Gasteiger partial charge >= 0.3 is 0 Å². The molecule has 0 aliphatic carbocycles. The molecule has 1 amide bonds. The van der Waals surface area contributed by atoms with Gasteiger partial charge in [-0.25, -0.2) is 0 Å². The molecule has 0 bridgehead atoms. The van der Waals surface area contributed by atoms with E-state index in [1.54, 1.807) is 25.4 Å². The van der Waals surface area contributed by atoms with E-state index in [4.69, 9.17) is 11.6 Å². The summed E-state index contributed by atoms with van der Waals surface area (Å²) >= 11 is 5.86. The van der Waals surface area contributed by atoms with Gasteiger partial charge in [0.1, 0.15) is 5.56 Å². The number of hydrogen-bond donors (Lipinski definition) is 2. The second kappa shape index (κ2) is 7.97. The van der Waals surface area contributed by atoms with Crippen LogP contribution in [0, 0.1) is 6.92 Å². The van der Waals surface area contributed by atoms with Gasteiger partial charge in [0.05, 0.1) is 0 Å². The Balaban J connectivity index is 1.74. The van der Waals surface area contributed by atoms with Crippen molar-refractivity contribution < 1.29 is 4.79 Å². The predicted molar refractivity (Wildman–Crippen MR) is 103 cm³/mol. The van der Waals surface area contributed by atoms with Gasteiger partial charge in [-0.15, -0.1) is 0 Å². The van der Waals surface area contributed by atoms with E-state index in [0.29, 0.717) is 23.7 Å². The van der Waals surface area contributed by atoms with E-state index < -0.39 is 11.5 Å². The van der Waals surface area contributed by atoms with E-state index in [0.717, 1.165) is 16.7 Å². The van der Waals surface area contributed by atoms with Crippen molar-refractivity contribution in [1.29, 1.82) is 0 Å². The molecule has 26 heavy (non-hydrogen) atoms. The third-order valence-corrected chi connectivity index (χ3v) is 4.34. The van der Waals surface area contributed by atoms with Crippen LogP contribution in [0.2, 0.25) is 5.02 Å². The molecule has 0 saturated carbocycles. The van der Waals surface area contributed by atoms with Gasteiger partial charge in [-0.2, -0.15) is 0 Å². The zero-order valence-electron chi connectivity index (χ0n) is 14.3. The van der Waals surface area contributed by atoms with Crippen LogP contribution in [-0.4, -0.2) is 22.4 Å². The lowest BCUT2D eigenvalue weighted by atomic mass is 10.0. The number of aromatic amines is 1. The number of nitrogens with zero attached hydrogens (tertiary/aromatic N) is 1. The molecule has 0 unspecified atom stereocenters. The van der Waals surface area contributed by atoms with Crippen LogP contribution in [0.5, 0.6) is 0 Å². The van der Waals surface area contributed by atoms with Crippen LogP contribution in [0.25, 0.3) is 11.1 Å². The molecule has 0 radical (unpaired) electrons. The van der Waals surface area contributed by atoms with E-state index in [1.807, 2.05) is 36.4 Å². The molecule has 0 atom stereocenters. The molecule has 0 aliphatic heterocycles. The summed E-state index contributed by atoms with van der Waals surface area (Å²) in [5, 5.41) is 3.47. The number of benzene rings is 1. The highest BCUT2D eigenvalue weighted by atomic mass is 35.5. The smallest absolute Gasteiger partial charge is 0.261 e. The largest absolute Gasteiger partial charge is 0.352 e. The Morgan fingerprint density at radius 2 is 1.85 bits per heavy atom. The maximum absolute atomic E-state index is 12.4. The minimum atomic E-state index is -0.399. The summed E-state index contributed by atoms with van der Waals surface area (Å²) in [6, 6.07) is 12.7. The van der Waals surface area contributed by atoms with E-state index in [2.05, 4.69) is 15.3 Å². The molecular weight excluding hydrogens is 350 g/mol. The standard InChI is InChI=1S/C20H18ClN3O2/c1-13-17(15-7-9-22-10-8-15)12-18(20(26)24-13)19(25)23-11-6-14-2-4-16(21)5-3-14/h2-5,7-10,12H,6,11H2,1H3,(H,23,25)(H,24,26). The molecule has 2 aromatic heterocycles. The summed E-state index contributed by atoms with van der Waals surface area (Å²) in [4.78, 5) is 31.4. The highest BCUT2D eigenvalue weighted by Crippen LogP contribution is 2.21. The maximum Gasteiger partial charge on any atom is 0.261 e. The third-order valence-electron chi connectivity index (χ3n) is 4.09. The fraction of sp³-hybridized carbons (Fsp3) is 0.150. The molecule has 5 nitrogen and oxygen atoms in total. The fourth-order valence-corrected chi connectivity index (χ4v) is 2.82. The van der Waals surface area contributed by atoms with Gasteiger partial charge in [0.15, 0.2) is 0 Å². The predicted octanol–water partition coefficient (Wildman–Crippen LogP) is 3.37. The summed E-state index contributed by atoms with van der Waals surface area (Å²) in [6.07, 6.45) is 4.00. The van der Waals surface area contributed by atoms with Crippen molar-refractivity contribution >= 4 is 17.5 Å². The number of aryl methyl sites for hydroxylation is 1. The summed E-state index contributed by atoms with van der Waals surface area (Å²) < 4.78 is 0. The zero-order chi connectivity index (χ0) is 18.5. The summed E-state index contributed by atoms with van der Waals surface area (Å²) in [5.74, 6) is -0.393. The van der Waals surface area contributed by atoms with Gasteiger partial charge < -0.3 is 10.3 Å². The lowest BCUT2D eigenvalue weighted by Crippen LogP contribution is -2.31. The number of carbonyl (C=O) groups excluding carboxylic acids is 1. The number of halogens is 1. The van der Waals surface area contributed by atoms with Gasteiger partial charge in [0.25, 0.3) is 11.5 Å². The van der Waals surface area contributed by atoms with Crippen LogP contribution in [0.1, 0.15) is 21.6 Å². The molecule has 6 heteroatoms. The Morgan fingerprint density at radius 3 is 2.54 bits per heavy atom. The number of aromatic nitrogens is 2. The molecular formula is C20H18ClN3O2. The number of rotatable bonds is 5. The Morgan fingerprint density at radius 1 is 1.15 bits per heavy atom. The van der Waals surface area contributed by atoms with Gasteiger partial charge in [0, 0.05) is 35.2 Å². The Bertz CT molecular complexity index is 967. The van der Waals surface area contributed by atoms with Gasteiger partial charge in [-0.3, -0.25) is 14.6 Å². The number of H-pyrrole nitrogens is 1. The van der Waals surface area contributed by atoms with Crippen LogP contribution in [0.4, 0.5) is 0 Å². The first-order valence-corrected chi connectivity index (χ1v) is 8.59. The van der Waals surface area contributed by atoms with E-state index in [-0.39, 0.29) is 5.56 Å². The van der Waals surface area contributed by atoms with Crippen LogP contribution in [-0.2, 0) is 6.42 Å². The van der Waals surface area contributed by atoms with Crippen LogP contribution in [0.3, 0.4) is 0 Å². The van der Waals surface area contributed by atoms with Crippen LogP contribution >= 0.6 is 11.6 Å². The first-order valence-electron chi connectivity index (χ1n) is 8.21. The van der Waals surface area contributed by atoms with Crippen molar-refractivity contribution in [2.24, 2.45) is 0 Å². The molecule has 0 aliphatic rings. The van der Waals surface area contributed by atoms with Crippen LogP contribution < -0.4 is 10.9 Å². The molecule has 1 aromatic carbocycles. The van der Waals surface area contributed by atoms with E-state index in [1.165, 1.54) is 0 Å². The summed E-state index contributed by atoms with van der Waals surface area (Å²) in [6.45, 7) is 2.23. The van der Waals surface area contributed by atoms with Crippen molar-refractivity contribution in [2.45, 2.75) is 13.3 Å². The third kappa shape index (κ3) is 4.18. The quantitative estimate of drug-likeness (QED) is 0.726. The van der Waals surface area contributed by atoms with Gasteiger partial charge in [-0.05, 0) is 54.8 Å². The average molecular weight is 368 g/mol. The number of hydrogen-bond acceptors (Lipinski definition) is 3. The summed E-state index contributed by atoms with van der Waals surface area (Å²) in [7, 11) is 0. The Kier molecular flexibility index (Phi) is 5.49. The fourth-order valence-electron chi connectivity index (χ4n) is 2.69. The molecule has 3 rings (SSSR count). The number of pyridine rings is 2. The topological polar surface area (TPSA) is 74.8 Å². The summed E-state index contributed by atoms with van der Waals surface area (Å²) in [5.41, 5.74) is 3.16. The number of carbonyl (C=O) groups is 1. The SMILES string of the molecule is Cc1[nH]c(=O)c(C(=O)NCCc2ccc(Cl)cc2)cc1-c1ccncc1. The lowest BCUT2D eigenvalue weighted by molar-refractivity contribution is 0.0952. The molecule has 0 saturated heterocycles. The lowest BCUT2D eigenvalue weighted by Gasteiger charge is -2.09. The first kappa shape index (κ1) is 17.9. The number of amides is 1. The number of nitrogens with one attached hydrogen (secondary N) is 2. The molecule has 132 valence electrons. The molecule has 3 aromatic rings. The van der Waals surface area contributed by atoms with Crippen molar-refractivity contribution in [3.63, 3.8) is 0 Å². The average Bonchev–Trinajstić information content (AvgIpc) is 2.64. The minimum Gasteiger partial charge on any atom is -0.352 e. The monoisotopic (exact) mass is 367 g/mol. The van der Waals surface area contributed by atoms with Crippen LogP contribution in [0.15, 0.2) is 59.7 Å². The van der Waals surface area contributed by atoms with Crippen molar-refractivity contribution in [3.05, 3.63) is 87.1 Å². The second-order valence-electron chi connectivity index (χ2n) is 5.92. The first-order chi connectivity index (χ1) is 12.5. The molecule has 2 N–H and O–H groups in total. The molecule has 0 spiro atoms. The van der Waals surface area contributed by atoms with Gasteiger partial charge in [0.2, 0.25) is 0 Å². The Labute approximate surface area is 156 Å². The highest BCUT2D eigenvalue weighted by molar-refractivity contribution is 6.30. The molecule has 0 fully saturated rings. The van der Waals surface area contributed by atoms with E-state index >= 15 is 0 Å². The van der Waals surface area contributed by atoms with Gasteiger partial charge in [-0.1, -0.05) is 23.7 Å². The Hall–Kier alpha value is -2.92. The second-order valence-corrected chi connectivity index (χ2v) is 6.36. The zero-order valence-corrected chi connectivity index (χ0v) is 15.0. The normalized spacial score (nSPS) is 10.5. The molecule has 2 heterocycles. The maximum atomic E-state index is 12.4. The minimum absolute atomic E-state index is 0.0959. The van der Waals surface area contributed by atoms with Crippen molar-refractivity contribution in [2.75, 3.05) is 6.54 Å². The van der Waals surface area contributed by atoms with E-state index in [9.17, 15) is 9.59 Å². The van der Waals surface area contributed by atoms with Crippen molar-refractivity contribution in [3.8, 4) is 11.1 Å². The van der Waals surface area contributed by atoms with Crippen molar-refractivity contribution in [1.82, 2.24) is 15.3 Å².